The van der Waals surface area contributed by atoms with Gasteiger partial charge < -0.3 is 10.1 Å². The van der Waals surface area contributed by atoms with Gasteiger partial charge in [-0.15, -0.1) is 0 Å². The van der Waals surface area contributed by atoms with E-state index in [1.165, 1.54) is 0 Å². The van der Waals surface area contributed by atoms with E-state index in [0.29, 0.717) is 6.54 Å². The van der Waals surface area contributed by atoms with Gasteiger partial charge in [-0.05, 0) is 23.6 Å². The maximum absolute atomic E-state index is 10.1. The number of hydrogen-bond acceptors (Lipinski definition) is 4. The third-order valence-electron chi connectivity index (χ3n) is 1.42. The van der Waals surface area contributed by atoms with Crippen molar-refractivity contribution < 1.29 is 4.92 Å². The second-order valence-electron chi connectivity index (χ2n) is 2.38. The molecule has 0 amide bonds. The van der Waals surface area contributed by atoms with Crippen LogP contribution in [0.5, 0.6) is 0 Å². The fourth-order valence-electron chi connectivity index (χ4n) is 0.760. The number of nitrogens with zero attached hydrogens (tertiary/aromatic N) is 2. The number of nitro groups is 1. The first-order valence-electron chi connectivity index (χ1n) is 3.67. The standard InChI is InChI=1S/C8H9N3O2/c1-7(11(12)13)10-6-8-4-2-3-5-9-8/h2-5,10H,1,6H2. The third-order valence-corrected chi connectivity index (χ3v) is 1.42. The van der Waals surface area contributed by atoms with Crippen LogP contribution in [0.3, 0.4) is 0 Å². The summed E-state index contributed by atoms with van der Waals surface area (Å²) in [5, 5.41) is 12.7. The summed E-state index contributed by atoms with van der Waals surface area (Å²) in [6, 6.07) is 5.38. The molecule has 0 saturated carbocycles. The maximum atomic E-state index is 10.1. The molecule has 0 atom stereocenters. The SMILES string of the molecule is C=C(NCc1ccccn1)[N+](=O)[O-]. The van der Waals surface area contributed by atoms with Crippen LogP contribution >= 0.6 is 0 Å². The summed E-state index contributed by atoms with van der Waals surface area (Å²) in [5.74, 6) is -0.217. The van der Waals surface area contributed by atoms with Crippen molar-refractivity contribution in [3.63, 3.8) is 0 Å². The largest absolute Gasteiger partial charge is 0.358 e. The smallest absolute Gasteiger partial charge is 0.309 e. The van der Waals surface area contributed by atoms with E-state index < -0.39 is 4.92 Å². The molecule has 1 rings (SSSR count). The highest BCUT2D eigenvalue weighted by Crippen LogP contribution is 1.94. The fraction of sp³-hybridized carbons (Fsp3) is 0.125. The van der Waals surface area contributed by atoms with Crippen LogP contribution in [0.4, 0.5) is 0 Å². The van der Waals surface area contributed by atoms with Crippen molar-refractivity contribution >= 4 is 0 Å². The first-order chi connectivity index (χ1) is 6.20. The molecule has 0 spiro atoms. The average Bonchev–Trinajstić information content (AvgIpc) is 2.15. The molecule has 0 fully saturated rings. The lowest BCUT2D eigenvalue weighted by Crippen LogP contribution is -2.18. The zero-order valence-electron chi connectivity index (χ0n) is 6.93. The molecule has 5 nitrogen and oxygen atoms in total. The Morgan fingerprint density at radius 2 is 2.46 bits per heavy atom. The molecule has 0 aliphatic rings. The topological polar surface area (TPSA) is 68.1 Å². The lowest BCUT2D eigenvalue weighted by Gasteiger charge is -2.00. The summed E-state index contributed by atoms with van der Waals surface area (Å²) in [5.41, 5.74) is 0.741. The van der Waals surface area contributed by atoms with E-state index in [1.54, 1.807) is 18.3 Å². The van der Waals surface area contributed by atoms with E-state index in [9.17, 15) is 10.1 Å². The summed E-state index contributed by atoms with van der Waals surface area (Å²) in [6.45, 7) is 3.55. The molecule has 68 valence electrons. The summed E-state index contributed by atoms with van der Waals surface area (Å²) >= 11 is 0. The number of nitrogens with one attached hydrogen (secondary N) is 1. The van der Waals surface area contributed by atoms with Gasteiger partial charge in [-0.1, -0.05) is 6.07 Å². The van der Waals surface area contributed by atoms with Gasteiger partial charge >= 0.3 is 5.82 Å². The number of rotatable bonds is 4. The molecule has 13 heavy (non-hydrogen) atoms. The van der Waals surface area contributed by atoms with Gasteiger partial charge in [0, 0.05) is 6.20 Å². The molecule has 0 aliphatic heterocycles. The fourth-order valence-corrected chi connectivity index (χ4v) is 0.760. The minimum Gasteiger partial charge on any atom is -0.358 e. The zero-order chi connectivity index (χ0) is 9.68. The molecule has 0 radical (unpaired) electrons. The highest BCUT2D eigenvalue weighted by molar-refractivity contribution is 5.03. The van der Waals surface area contributed by atoms with Gasteiger partial charge in [0.1, 0.15) is 6.54 Å². The van der Waals surface area contributed by atoms with Crippen molar-refractivity contribution in [2.75, 3.05) is 0 Å². The number of hydrogen-bond donors (Lipinski definition) is 1. The number of aromatic nitrogens is 1. The molecule has 0 aliphatic carbocycles. The summed E-state index contributed by atoms with van der Waals surface area (Å²) < 4.78 is 0. The van der Waals surface area contributed by atoms with Gasteiger partial charge in [0.15, 0.2) is 0 Å². The first-order valence-corrected chi connectivity index (χ1v) is 3.67. The van der Waals surface area contributed by atoms with Gasteiger partial charge in [0.25, 0.3) is 0 Å². The van der Waals surface area contributed by atoms with Crippen molar-refractivity contribution in [3.8, 4) is 0 Å². The highest BCUT2D eigenvalue weighted by atomic mass is 16.6. The Morgan fingerprint density at radius 3 is 3.00 bits per heavy atom. The second-order valence-corrected chi connectivity index (χ2v) is 2.38. The van der Waals surface area contributed by atoms with Crippen LogP contribution in [-0.2, 0) is 6.54 Å². The maximum Gasteiger partial charge on any atom is 0.309 e. The van der Waals surface area contributed by atoms with Crippen molar-refractivity contribution in [3.05, 3.63) is 52.6 Å². The molecule has 1 N–H and O–H groups in total. The van der Waals surface area contributed by atoms with Crippen LogP contribution in [0.2, 0.25) is 0 Å². The van der Waals surface area contributed by atoms with Crippen LogP contribution in [0.15, 0.2) is 36.8 Å². The lowest BCUT2D eigenvalue weighted by molar-refractivity contribution is -0.431. The predicted octanol–water partition coefficient (Wildman–Crippen LogP) is 0.919. The minimum absolute atomic E-state index is 0.217. The normalized spacial score (nSPS) is 9.23. The van der Waals surface area contributed by atoms with Gasteiger partial charge in [-0.2, -0.15) is 0 Å². The van der Waals surface area contributed by atoms with Crippen LogP contribution in [0.1, 0.15) is 5.69 Å². The van der Waals surface area contributed by atoms with Gasteiger partial charge in [-0.3, -0.25) is 10.3 Å². The van der Waals surface area contributed by atoms with E-state index >= 15 is 0 Å². The molecule has 5 heteroatoms. The quantitative estimate of drug-likeness (QED) is 0.551. The van der Waals surface area contributed by atoms with E-state index in [1.807, 2.05) is 6.07 Å². The van der Waals surface area contributed by atoms with E-state index in [2.05, 4.69) is 16.9 Å². The van der Waals surface area contributed by atoms with Crippen molar-refractivity contribution in [2.24, 2.45) is 0 Å². The number of pyridine rings is 1. The third kappa shape index (κ3) is 2.90. The summed E-state index contributed by atoms with van der Waals surface area (Å²) in [6.07, 6.45) is 1.63. The second kappa shape index (κ2) is 4.20. The van der Waals surface area contributed by atoms with E-state index in [-0.39, 0.29) is 5.82 Å². The Hall–Kier alpha value is -1.91. The van der Waals surface area contributed by atoms with Crippen molar-refractivity contribution in [1.29, 1.82) is 0 Å². The van der Waals surface area contributed by atoms with Crippen LogP contribution < -0.4 is 5.32 Å². The van der Waals surface area contributed by atoms with Crippen LogP contribution in [0, 0.1) is 10.1 Å². The minimum atomic E-state index is -0.567. The van der Waals surface area contributed by atoms with Crippen LogP contribution in [-0.4, -0.2) is 9.91 Å². The van der Waals surface area contributed by atoms with Gasteiger partial charge in [0.05, 0.1) is 5.69 Å². The van der Waals surface area contributed by atoms with Crippen molar-refractivity contribution in [2.45, 2.75) is 6.54 Å². The summed E-state index contributed by atoms with van der Waals surface area (Å²) in [4.78, 5) is 13.6. The first kappa shape index (κ1) is 9.18. The van der Waals surface area contributed by atoms with E-state index in [4.69, 9.17) is 0 Å². The Balaban J connectivity index is 2.44. The molecule has 0 unspecified atom stereocenters. The zero-order valence-corrected chi connectivity index (χ0v) is 6.93. The average molecular weight is 179 g/mol. The molecular weight excluding hydrogens is 170 g/mol. The molecule has 0 aromatic carbocycles. The highest BCUT2D eigenvalue weighted by Gasteiger charge is 2.03. The Labute approximate surface area is 75.3 Å². The van der Waals surface area contributed by atoms with Crippen molar-refractivity contribution in [1.82, 2.24) is 10.3 Å². The molecule has 1 aromatic heterocycles. The summed E-state index contributed by atoms with van der Waals surface area (Å²) in [7, 11) is 0. The molecule has 0 bridgehead atoms. The Bertz CT molecular complexity index is 310. The molecule has 0 saturated heterocycles. The Morgan fingerprint density at radius 1 is 1.69 bits per heavy atom. The molecule has 1 aromatic rings. The van der Waals surface area contributed by atoms with Gasteiger partial charge in [-0.25, -0.2) is 0 Å². The monoisotopic (exact) mass is 179 g/mol. The van der Waals surface area contributed by atoms with Crippen LogP contribution in [0.25, 0.3) is 0 Å². The van der Waals surface area contributed by atoms with Gasteiger partial charge in [0.2, 0.25) is 0 Å². The Kier molecular flexibility index (Phi) is 2.97. The predicted molar refractivity (Wildman–Crippen MR) is 47.2 cm³/mol. The molecular formula is C8H9N3O2. The lowest BCUT2D eigenvalue weighted by atomic mass is 10.3. The molecule has 1 heterocycles. The van der Waals surface area contributed by atoms with E-state index in [0.717, 1.165) is 5.69 Å².